The molecule has 5 nitrogen and oxygen atoms in total. The second kappa shape index (κ2) is 10.7. The first-order valence-electron chi connectivity index (χ1n) is 9.99. The molecule has 0 aliphatic carbocycles. The number of benzene rings is 3. The summed E-state index contributed by atoms with van der Waals surface area (Å²) in [7, 11) is 0. The third-order valence-corrected chi connectivity index (χ3v) is 6.30. The highest BCUT2D eigenvalue weighted by molar-refractivity contribution is 14.1. The van der Waals surface area contributed by atoms with Crippen molar-refractivity contribution in [3.8, 4) is 11.5 Å². The first kappa shape index (κ1) is 22.4. The lowest BCUT2D eigenvalue weighted by molar-refractivity contribution is -0.123. The van der Waals surface area contributed by atoms with E-state index >= 15 is 0 Å². The third kappa shape index (κ3) is 5.92. The highest BCUT2D eigenvalue weighted by Gasteiger charge is 2.34. The fraction of sp³-hybridized carbons (Fsp3) is 0.120. The molecule has 1 saturated heterocycles. The Bertz CT molecular complexity index is 1110. The molecule has 7 heteroatoms. The molecule has 0 saturated carbocycles. The van der Waals surface area contributed by atoms with E-state index in [9.17, 15) is 9.59 Å². The number of ether oxygens (including phenoxy) is 2. The van der Waals surface area contributed by atoms with Crippen molar-refractivity contribution in [2.24, 2.45) is 0 Å². The van der Waals surface area contributed by atoms with Gasteiger partial charge in [0, 0.05) is 3.57 Å². The van der Waals surface area contributed by atoms with Crippen molar-refractivity contribution in [1.29, 1.82) is 0 Å². The number of halogens is 1. The maximum atomic E-state index is 12.7. The summed E-state index contributed by atoms with van der Waals surface area (Å²) in [6.45, 7) is 1.14. The molecule has 2 amide bonds. The Morgan fingerprint density at radius 2 is 1.44 bits per heavy atom. The third-order valence-electron chi connectivity index (χ3n) is 4.67. The molecule has 1 aliphatic heterocycles. The van der Waals surface area contributed by atoms with Crippen LogP contribution in [0.5, 0.6) is 11.5 Å². The zero-order chi connectivity index (χ0) is 22.3. The average molecular weight is 557 g/mol. The van der Waals surface area contributed by atoms with E-state index in [0.29, 0.717) is 23.9 Å². The van der Waals surface area contributed by atoms with Gasteiger partial charge in [0.15, 0.2) is 0 Å². The van der Waals surface area contributed by atoms with Crippen molar-refractivity contribution < 1.29 is 19.1 Å². The lowest BCUT2D eigenvalue weighted by Gasteiger charge is -2.12. The van der Waals surface area contributed by atoms with Crippen molar-refractivity contribution in [1.82, 2.24) is 4.90 Å². The highest BCUT2D eigenvalue weighted by atomic mass is 127. The van der Waals surface area contributed by atoms with Crippen molar-refractivity contribution in [3.63, 3.8) is 0 Å². The smallest absolute Gasteiger partial charge is 0.293 e. The lowest BCUT2D eigenvalue weighted by Crippen LogP contribution is -2.27. The van der Waals surface area contributed by atoms with Crippen LogP contribution in [0.25, 0.3) is 6.08 Å². The molecule has 0 unspecified atom stereocenters. The lowest BCUT2D eigenvalue weighted by atomic mass is 10.2. The molecular weight excluding hydrogens is 537 g/mol. The Morgan fingerprint density at radius 3 is 2.09 bits per heavy atom. The number of imide groups is 1. The molecule has 0 spiro atoms. The molecule has 162 valence electrons. The number of amides is 2. The SMILES string of the molecule is O=C1S/C(=C/c2ccc(OCCOc3ccccc3)cc2)C(=O)N1Cc1ccc(I)cc1. The van der Waals surface area contributed by atoms with E-state index in [1.165, 1.54) is 4.90 Å². The quantitative estimate of drug-likeness (QED) is 0.194. The predicted octanol–water partition coefficient (Wildman–Crippen LogP) is 5.99. The van der Waals surface area contributed by atoms with Crippen LogP contribution in [0.3, 0.4) is 0 Å². The van der Waals surface area contributed by atoms with Gasteiger partial charge in [-0.3, -0.25) is 14.5 Å². The summed E-state index contributed by atoms with van der Waals surface area (Å²) in [5, 5.41) is -0.252. The molecule has 4 rings (SSSR count). The van der Waals surface area contributed by atoms with E-state index in [1.807, 2.05) is 78.9 Å². The van der Waals surface area contributed by atoms with Gasteiger partial charge in [0.25, 0.3) is 11.1 Å². The van der Waals surface area contributed by atoms with Gasteiger partial charge in [-0.05, 0) is 88.0 Å². The highest BCUT2D eigenvalue weighted by Crippen LogP contribution is 2.33. The second-order valence-corrected chi connectivity index (χ2v) is 9.21. The number of nitrogens with zero attached hydrogens (tertiary/aromatic N) is 1. The molecule has 0 atom stereocenters. The molecule has 0 bridgehead atoms. The minimum absolute atomic E-state index is 0.252. The molecule has 1 aliphatic rings. The maximum Gasteiger partial charge on any atom is 0.293 e. The van der Waals surface area contributed by atoms with Crippen molar-refractivity contribution >= 4 is 51.6 Å². The number of hydrogen-bond donors (Lipinski definition) is 0. The predicted molar refractivity (Wildman–Crippen MR) is 135 cm³/mol. The first-order valence-corrected chi connectivity index (χ1v) is 11.9. The number of hydrogen-bond acceptors (Lipinski definition) is 5. The molecule has 1 fully saturated rings. The van der Waals surface area contributed by atoms with E-state index in [-0.39, 0.29) is 17.7 Å². The van der Waals surface area contributed by atoms with Crippen LogP contribution in [0.15, 0.2) is 83.8 Å². The Balaban J connectivity index is 1.31. The van der Waals surface area contributed by atoms with Crippen molar-refractivity contribution in [3.05, 3.63) is 98.5 Å². The van der Waals surface area contributed by atoms with E-state index in [0.717, 1.165) is 32.2 Å². The van der Waals surface area contributed by atoms with Gasteiger partial charge < -0.3 is 9.47 Å². The number of rotatable bonds is 8. The van der Waals surface area contributed by atoms with Crippen LogP contribution < -0.4 is 9.47 Å². The summed E-state index contributed by atoms with van der Waals surface area (Å²) >= 11 is 3.19. The molecular formula is C25H20INO4S. The van der Waals surface area contributed by atoms with E-state index in [1.54, 1.807) is 6.08 Å². The molecule has 1 heterocycles. The van der Waals surface area contributed by atoms with Gasteiger partial charge >= 0.3 is 0 Å². The minimum atomic E-state index is -0.267. The second-order valence-electron chi connectivity index (χ2n) is 6.97. The van der Waals surface area contributed by atoms with Crippen LogP contribution in [-0.2, 0) is 11.3 Å². The van der Waals surface area contributed by atoms with Crippen LogP contribution in [-0.4, -0.2) is 29.3 Å². The van der Waals surface area contributed by atoms with E-state index < -0.39 is 0 Å². The summed E-state index contributed by atoms with van der Waals surface area (Å²) in [4.78, 5) is 26.8. The van der Waals surface area contributed by atoms with Gasteiger partial charge in [-0.25, -0.2) is 0 Å². The van der Waals surface area contributed by atoms with Crippen LogP contribution in [0.4, 0.5) is 4.79 Å². The largest absolute Gasteiger partial charge is 0.490 e. The van der Waals surface area contributed by atoms with Gasteiger partial charge in [0.2, 0.25) is 0 Å². The fourth-order valence-corrected chi connectivity index (χ4v) is 4.25. The summed E-state index contributed by atoms with van der Waals surface area (Å²) < 4.78 is 12.4. The number of carbonyl (C=O) groups is 2. The number of carbonyl (C=O) groups excluding carboxylic acids is 2. The molecule has 3 aromatic rings. The molecule has 32 heavy (non-hydrogen) atoms. The van der Waals surface area contributed by atoms with Gasteiger partial charge in [0.05, 0.1) is 11.4 Å². The Labute approximate surface area is 204 Å². The van der Waals surface area contributed by atoms with Crippen molar-refractivity contribution in [2.75, 3.05) is 13.2 Å². The molecule has 3 aromatic carbocycles. The van der Waals surface area contributed by atoms with E-state index in [4.69, 9.17) is 9.47 Å². The minimum Gasteiger partial charge on any atom is -0.490 e. The van der Waals surface area contributed by atoms with Crippen LogP contribution in [0.1, 0.15) is 11.1 Å². The van der Waals surface area contributed by atoms with Gasteiger partial charge in [-0.1, -0.05) is 42.5 Å². The summed E-state index contributed by atoms with van der Waals surface area (Å²) in [6, 6.07) is 24.8. The zero-order valence-electron chi connectivity index (χ0n) is 17.1. The van der Waals surface area contributed by atoms with E-state index in [2.05, 4.69) is 22.6 Å². The Kier molecular flexibility index (Phi) is 7.49. The van der Waals surface area contributed by atoms with Gasteiger partial charge in [-0.2, -0.15) is 0 Å². The normalized spacial score (nSPS) is 14.8. The Morgan fingerprint density at radius 1 is 0.812 bits per heavy atom. The topological polar surface area (TPSA) is 55.8 Å². The van der Waals surface area contributed by atoms with Gasteiger partial charge in [-0.15, -0.1) is 0 Å². The van der Waals surface area contributed by atoms with Crippen LogP contribution in [0.2, 0.25) is 0 Å². The summed E-state index contributed by atoms with van der Waals surface area (Å²) in [6.07, 6.45) is 1.74. The number of para-hydroxylation sites is 1. The zero-order valence-corrected chi connectivity index (χ0v) is 20.0. The van der Waals surface area contributed by atoms with Crippen molar-refractivity contribution in [2.45, 2.75) is 6.54 Å². The monoisotopic (exact) mass is 557 g/mol. The summed E-state index contributed by atoms with van der Waals surface area (Å²) in [5.74, 6) is 1.25. The molecule has 0 radical (unpaired) electrons. The standard InChI is InChI=1S/C25H20INO4S/c26-20-10-6-19(7-11-20)17-27-24(28)23(32-25(27)29)16-18-8-12-22(13-9-18)31-15-14-30-21-4-2-1-3-5-21/h1-13,16H,14-15,17H2/b23-16+. The first-order chi connectivity index (χ1) is 15.6. The van der Waals surface area contributed by atoms with Gasteiger partial charge in [0.1, 0.15) is 24.7 Å². The molecule has 0 aromatic heterocycles. The fourth-order valence-electron chi connectivity index (χ4n) is 3.06. The maximum absolute atomic E-state index is 12.7. The van der Waals surface area contributed by atoms with Crippen LogP contribution in [0, 0.1) is 3.57 Å². The molecule has 0 N–H and O–H groups in total. The van der Waals surface area contributed by atoms with Crippen LogP contribution >= 0.6 is 34.4 Å². The number of thioether (sulfide) groups is 1. The average Bonchev–Trinajstić information content (AvgIpc) is 3.07. The Hall–Kier alpha value is -2.78. The summed E-state index contributed by atoms with van der Waals surface area (Å²) in [5.41, 5.74) is 1.75.